The predicted molar refractivity (Wildman–Crippen MR) is 113 cm³/mol. The molecule has 0 bridgehead atoms. The molecule has 2 aliphatic rings. The van der Waals surface area contributed by atoms with Gasteiger partial charge in [-0.15, -0.1) is 0 Å². The molecule has 0 aliphatic carbocycles. The lowest BCUT2D eigenvalue weighted by atomic mass is 10.1. The first-order valence-electron chi connectivity index (χ1n) is 10.5. The quantitative estimate of drug-likeness (QED) is 0.552. The van der Waals surface area contributed by atoms with Crippen molar-refractivity contribution in [2.75, 3.05) is 44.2 Å². The Morgan fingerprint density at radius 2 is 1.57 bits per heavy atom. The first-order valence-corrected chi connectivity index (χ1v) is 10.5. The van der Waals surface area contributed by atoms with Crippen LogP contribution in [0.15, 0.2) is 18.2 Å². The second-order valence-electron chi connectivity index (χ2n) is 8.77. The molecule has 2 fully saturated rings. The molecule has 9 nitrogen and oxygen atoms in total. The predicted octanol–water partition coefficient (Wildman–Crippen LogP) is 3.28. The first-order chi connectivity index (χ1) is 14.2. The van der Waals surface area contributed by atoms with Crippen molar-refractivity contribution in [2.45, 2.75) is 45.6 Å². The average Bonchev–Trinajstić information content (AvgIpc) is 2.72. The Morgan fingerprint density at radius 3 is 2.13 bits per heavy atom. The Hall–Kier alpha value is -2.84. The molecule has 0 spiro atoms. The van der Waals surface area contributed by atoms with Gasteiger partial charge in [-0.25, -0.2) is 4.79 Å². The summed E-state index contributed by atoms with van der Waals surface area (Å²) in [6.07, 6.45) is 2.77. The van der Waals surface area contributed by atoms with E-state index in [4.69, 9.17) is 4.74 Å². The van der Waals surface area contributed by atoms with E-state index in [1.54, 1.807) is 21.9 Å². The van der Waals surface area contributed by atoms with Crippen LogP contribution in [0.2, 0.25) is 0 Å². The number of nitro groups is 1. The fraction of sp³-hybridized carbons (Fsp3) is 0.619. The minimum atomic E-state index is -0.570. The standard InChI is InChI=1S/C21H30N4O5/c1-21(2,3)30-20(27)24-13-11-23(12-14-24)19(26)16-7-8-17(18(15-16)25(28)29)22-9-5-4-6-10-22/h7-8,15H,4-6,9-14H2,1-3H3. The molecule has 0 aromatic heterocycles. The van der Waals surface area contributed by atoms with E-state index in [0.29, 0.717) is 37.4 Å². The van der Waals surface area contributed by atoms with Gasteiger partial charge in [0.2, 0.25) is 0 Å². The van der Waals surface area contributed by atoms with Crippen LogP contribution < -0.4 is 4.90 Å². The number of nitro benzene ring substituents is 1. The summed E-state index contributed by atoms with van der Waals surface area (Å²) >= 11 is 0. The number of nitrogens with zero attached hydrogens (tertiary/aromatic N) is 4. The zero-order valence-corrected chi connectivity index (χ0v) is 17.9. The summed E-state index contributed by atoms with van der Waals surface area (Å²) in [6, 6.07) is 4.74. The Kier molecular flexibility index (Phi) is 6.48. The molecule has 2 saturated heterocycles. The van der Waals surface area contributed by atoms with E-state index in [1.807, 2.05) is 25.7 Å². The summed E-state index contributed by atoms with van der Waals surface area (Å²) in [4.78, 5) is 41.6. The van der Waals surface area contributed by atoms with Gasteiger partial charge in [-0.1, -0.05) is 0 Å². The number of hydrogen-bond donors (Lipinski definition) is 0. The second-order valence-corrected chi connectivity index (χ2v) is 8.77. The van der Waals surface area contributed by atoms with Gasteiger partial charge in [-0.05, 0) is 52.2 Å². The molecule has 2 aliphatic heterocycles. The molecule has 3 rings (SSSR count). The molecule has 1 aromatic carbocycles. The number of anilines is 1. The SMILES string of the molecule is CC(C)(C)OC(=O)N1CCN(C(=O)c2ccc(N3CCCCC3)c([N+](=O)[O-])c2)CC1. The van der Waals surface area contributed by atoms with Crippen LogP contribution in [0.5, 0.6) is 0 Å². The minimum absolute atomic E-state index is 0.0323. The van der Waals surface area contributed by atoms with E-state index < -0.39 is 16.6 Å². The molecule has 0 atom stereocenters. The fourth-order valence-electron chi connectivity index (χ4n) is 3.81. The first kappa shape index (κ1) is 21.9. The van der Waals surface area contributed by atoms with Gasteiger partial charge in [-0.3, -0.25) is 14.9 Å². The van der Waals surface area contributed by atoms with Crippen molar-refractivity contribution in [3.8, 4) is 0 Å². The highest BCUT2D eigenvalue weighted by atomic mass is 16.6. The molecular weight excluding hydrogens is 388 g/mol. The van der Waals surface area contributed by atoms with Crippen LogP contribution >= 0.6 is 0 Å². The van der Waals surface area contributed by atoms with Crippen molar-refractivity contribution in [1.82, 2.24) is 9.80 Å². The molecule has 164 valence electrons. The average molecular weight is 418 g/mol. The highest BCUT2D eigenvalue weighted by Gasteiger charge is 2.29. The van der Waals surface area contributed by atoms with Gasteiger partial charge in [0.25, 0.3) is 11.6 Å². The molecule has 30 heavy (non-hydrogen) atoms. The monoisotopic (exact) mass is 418 g/mol. The van der Waals surface area contributed by atoms with Gasteiger partial charge in [-0.2, -0.15) is 0 Å². The number of piperazine rings is 1. The molecule has 0 saturated carbocycles. The molecule has 0 unspecified atom stereocenters. The van der Waals surface area contributed by atoms with E-state index in [0.717, 1.165) is 32.4 Å². The Bertz CT molecular complexity index is 806. The zero-order chi connectivity index (χ0) is 21.9. The molecular formula is C21H30N4O5. The second kappa shape index (κ2) is 8.89. The van der Waals surface area contributed by atoms with Crippen molar-refractivity contribution in [3.63, 3.8) is 0 Å². The molecule has 2 amide bonds. The number of amides is 2. The number of piperidine rings is 1. The van der Waals surface area contributed by atoms with Gasteiger partial charge < -0.3 is 19.4 Å². The van der Waals surface area contributed by atoms with Crippen LogP contribution in [-0.2, 0) is 4.74 Å². The Morgan fingerprint density at radius 1 is 0.967 bits per heavy atom. The summed E-state index contributed by atoms with van der Waals surface area (Å²) in [5.74, 6) is -0.257. The van der Waals surface area contributed by atoms with Crippen LogP contribution in [0.25, 0.3) is 0 Å². The molecule has 0 radical (unpaired) electrons. The van der Waals surface area contributed by atoms with E-state index in [1.165, 1.54) is 6.07 Å². The maximum atomic E-state index is 12.9. The summed E-state index contributed by atoms with van der Waals surface area (Å²) in [6.45, 7) is 8.48. The van der Waals surface area contributed by atoms with Crippen molar-refractivity contribution in [3.05, 3.63) is 33.9 Å². The molecule has 2 heterocycles. The van der Waals surface area contributed by atoms with Crippen LogP contribution in [-0.4, -0.2) is 71.6 Å². The summed E-state index contributed by atoms with van der Waals surface area (Å²) in [5.41, 5.74) is 0.272. The third kappa shape index (κ3) is 5.20. The maximum absolute atomic E-state index is 12.9. The summed E-state index contributed by atoms with van der Waals surface area (Å²) in [5, 5.41) is 11.6. The van der Waals surface area contributed by atoms with Crippen LogP contribution in [0.1, 0.15) is 50.4 Å². The summed E-state index contributed by atoms with van der Waals surface area (Å²) in [7, 11) is 0. The topological polar surface area (TPSA) is 96.2 Å². The molecule has 9 heteroatoms. The third-order valence-electron chi connectivity index (χ3n) is 5.33. The van der Waals surface area contributed by atoms with Crippen molar-refractivity contribution < 1.29 is 19.2 Å². The van der Waals surface area contributed by atoms with E-state index in [9.17, 15) is 19.7 Å². The maximum Gasteiger partial charge on any atom is 0.410 e. The highest BCUT2D eigenvalue weighted by molar-refractivity contribution is 5.96. The smallest absolute Gasteiger partial charge is 0.410 e. The van der Waals surface area contributed by atoms with Crippen LogP contribution in [0.3, 0.4) is 0 Å². The lowest BCUT2D eigenvalue weighted by molar-refractivity contribution is -0.384. The number of hydrogen-bond acceptors (Lipinski definition) is 6. The van der Waals surface area contributed by atoms with Gasteiger partial charge in [0, 0.05) is 50.9 Å². The number of carbonyl (C=O) groups is 2. The summed E-state index contributed by atoms with van der Waals surface area (Å²) < 4.78 is 5.37. The normalized spacial score (nSPS) is 17.6. The van der Waals surface area contributed by atoms with Gasteiger partial charge in [0.15, 0.2) is 0 Å². The number of benzene rings is 1. The van der Waals surface area contributed by atoms with Gasteiger partial charge in [0.1, 0.15) is 11.3 Å². The van der Waals surface area contributed by atoms with E-state index in [-0.39, 0.29) is 11.6 Å². The number of rotatable bonds is 3. The van der Waals surface area contributed by atoms with Crippen LogP contribution in [0, 0.1) is 10.1 Å². The van der Waals surface area contributed by atoms with E-state index in [2.05, 4.69) is 0 Å². The largest absolute Gasteiger partial charge is 0.444 e. The minimum Gasteiger partial charge on any atom is -0.444 e. The third-order valence-corrected chi connectivity index (χ3v) is 5.33. The lowest BCUT2D eigenvalue weighted by Crippen LogP contribution is -2.51. The van der Waals surface area contributed by atoms with Crippen molar-refractivity contribution in [2.24, 2.45) is 0 Å². The number of ether oxygens (including phenoxy) is 1. The Balaban J connectivity index is 1.68. The molecule has 0 N–H and O–H groups in total. The number of carbonyl (C=O) groups excluding carboxylic acids is 2. The lowest BCUT2D eigenvalue weighted by Gasteiger charge is -2.35. The molecule has 1 aromatic rings. The van der Waals surface area contributed by atoms with Crippen molar-refractivity contribution in [1.29, 1.82) is 0 Å². The van der Waals surface area contributed by atoms with Gasteiger partial charge >= 0.3 is 6.09 Å². The zero-order valence-electron chi connectivity index (χ0n) is 17.9. The van der Waals surface area contributed by atoms with Crippen molar-refractivity contribution >= 4 is 23.4 Å². The fourth-order valence-corrected chi connectivity index (χ4v) is 3.81. The van der Waals surface area contributed by atoms with Gasteiger partial charge in [0.05, 0.1) is 4.92 Å². The Labute approximate surface area is 176 Å². The van der Waals surface area contributed by atoms with E-state index >= 15 is 0 Å². The van der Waals surface area contributed by atoms with Crippen LogP contribution in [0.4, 0.5) is 16.2 Å². The highest BCUT2D eigenvalue weighted by Crippen LogP contribution is 2.31.